The van der Waals surface area contributed by atoms with Gasteiger partial charge in [0.25, 0.3) is 5.22 Å². The van der Waals surface area contributed by atoms with Crippen LogP contribution in [-0.4, -0.2) is 53.9 Å². The fourth-order valence-corrected chi connectivity index (χ4v) is 5.03. The van der Waals surface area contributed by atoms with Crippen molar-refractivity contribution in [3.8, 4) is 17.2 Å². The summed E-state index contributed by atoms with van der Waals surface area (Å²) in [6.07, 6.45) is 0.452. The Morgan fingerprint density at radius 3 is 2.74 bits per heavy atom. The number of thioether (sulfide) groups is 1. The topological polar surface area (TPSA) is 111 Å². The minimum absolute atomic E-state index is 0.00142. The van der Waals surface area contributed by atoms with Crippen molar-refractivity contribution in [1.82, 2.24) is 15.5 Å². The summed E-state index contributed by atoms with van der Waals surface area (Å²) in [6.45, 7) is 4.22. The molecule has 2 aromatic rings. The van der Waals surface area contributed by atoms with Crippen LogP contribution in [-0.2, 0) is 14.6 Å². The number of ether oxygens (including phenoxy) is 1. The normalized spacial score (nSPS) is 19.6. The molecule has 1 N–H and O–H groups in total. The lowest BCUT2D eigenvalue weighted by Gasteiger charge is -2.14. The fourth-order valence-electron chi connectivity index (χ4n) is 2.67. The molecular formula is C17H21N3O5S2. The second-order valence-corrected chi connectivity index (χ2v) is 9.72. The number of benzene rings is 1. The number of amides is 1. The van der Waals surface area contributed by atoms with E-state index in [0.29, 0.717) is 18.9 Å². The first-order valence-electron chi connectivity index (χ1n) is 8.60. The molecule has 1 amide bonds. The summed E-state index contributed by atoms with van der Waals surface area (Å²) in [6, 6.07) is 6.96. The Bertz CT molecular complexity index is 896. The summed E-state index contributed by atoms with van der Waals surface area (Å²) >= 11 is 1.14. The molecule has 0 saturated carbocycles. The van der Waals surface area contributed by atoms with Crippen LogP contribution < -0.4 is 10.1 Å². The van der Waals surface area contributed by atoms with E-state index in [1.807, 2.05) is 31.2 Å². The number of nitrogens with one attached hydrogen (secondary N) is 1. The van der Waals surface area contributed by atoms with E-state index in [9.17, 15) is 13.2 Å². The molecular weight excluding hydrogens is 390 g/mol. The zero-order valence-corrected chi connectivity index (χ0v) is 16.7. The van der Waals surface area contributed by atoms with E-state index in [-0.39, 0.29) is 28.7 Å². The van der Waals surface area contributed by atoms with Crippen LogP contribution >= 0.6 is 11.8 Å². The number of carbonyl (C=O) groups excluding carboxylic acids is 1. The molecule has 1 aliphatic heterocycles. The third-order valence-electron chi connectivity index (χ3n) is 4.04. The smallest absolute Gasteiger partial charge is 0.277 e. The molecule has 2 atom stereocenters. The molecule has 10 heteroatoms. The molecule has 0 aliphatic carbocycles. The Labute approximate surface area is 162 Å². The second-order valence-electron chi connectivity index (χ2n) is 6.20. The van der Waals surface area contributed by atoms with Crippen LogP contribution in [0.25, 0.3) is 11.5 Å². The van der Waals surface area contributed by atoms with Crippen LogP contribution in [0, 0.1) is 0 Å². The lowest BCUT2D eigenvalue weighted by atomic mass is 10.2. The number of carbonyl (C=O) groups is 1. The van der Waals surface area contributed by atoms with Crippen molar-refractivity contribution in [1.29, 1.82) is 0 Å². The third kappa shape index (κ3) is 5.23. The Morgan fingerprint density at radius 2 is 2.11 bits per heavy atom. The van der Waals surface area contributed by atoms with E-state index >= 15 is 0 Å². The van der Waals surface area contributed by atoms with E-state index in [1.165, 1.54) is 0 Å². The first kappa shape index (κ1) is 19.7. The molecule has 1 aliphatic rings. The third-order valence-corrected chi connectivity index (χ3v) is 6.75. The maximum Gasteiger partial charge on any atom is 0.277 e. The van der Waals surface area contributed by atoms with Gasteiger partial charge in [-0.25, -0.2) is 8.42 Å². The van der Waals surface area contributed by atoms with Gasteiger partial charge in [0.05, 0.1) is 23.4 Å². The Balaban J connectivity index is 1.57. The Hall–Kier alpha value is -2.07. The summed E-state index contributed by atoms with van der Waals surface area (Å²) in [5.74, 6) is 0.986. The Kier molecular flexibility index (Phi) is 6.05. The maximum atomic E-state index is 12.3. The van der Waals surface area contributed by atoms with Crippen LogP contribution in [0.4, 0.5) is 0 Å². The molecule has 2 heterocycles. The van der Waals surface area contributed by atoms with Gasteiger partial charge in [-0.05, 0) is 44.5 Å². The maximum absolute atomic E-state index is 12.3. The lowest BCUT2D eigenvalue weighted by Crippen LogP contribution is -2.39. The van der Waals surface area contributed by atoms with Crippen LogP contribution in [0.15, 0.2) is 33.9 Å². The highest BCUT2D eigenvalue weighted by molar-refractivity contribution is 8.00. The van der Waals surface area contributed by atoms with Gasteiger partial charge >= 0.3 is 0 Å². The predicted octanol–water partition coefficient (Wildman–Crippen LogP) is 1.92. The molecule has 1 fully saturated rings. The predicted molar refractivity (Wildman–Crippen MR) is 101 cm³/mol. The van der Waals surface area contributed by atoms with Crippen molar-refractivity contribution in [2.24, 2.45) is 0 Å². The van der Waals surface area contributed by atoms with Crippen LogP contribution in [0.1, 0.15) is 20.3 Å². The zero-order chi connectivity index (χ0) is 19.4. The summed E-state index contributed by atoms with van der Waals surface area (Å²) in [5, 5.41) is 10.5. The van der Waals surface area contributed by atoms with Crippen molar-refractivity contribution in [3.63, 3.8) is 0 Å². The van der Waals surface area contributed by atoms with E-state index in [0.717, 1.165) is 23.1 Å². The largest absolute Gasteiger partial charge is 0.494 e. The molecule has 0 spiro atoms. The Morgan fingerprint density at radius 1 is 1.37 bits per heavy atom. The van der Waals surface area contributed by atoms with Crippen molar-refractivity contribution >= 4 is 27.5 Å². The molecule has 1 aromatic carbocycles. The number of aromatic nitrogens is 2. The molecule has 8 nitrogen and oxygen atoms in total. The molecule has 1 aromatic heterocycles. The number of sulfone groups is 1. The minimum atomic E-state index is -3.03. The quantitative estimate of drug-likeness (QED) is 0.688. The minimum Gasteiger partial charge on any atom is -0.494 e. The molecule has 0 radical (unpaired) electrons. The van der Waals surface area contributed by atoms with Crippen molar-refractivity contribution in [2.45, 2.75) is 36.8 Å². The molecule has 146 valence electrons. The van der Waals surface area contributed by atoms with Crippen LogP contribution in [0.3, 0.4) is 0 Å². The number of hydrogen-bond acceptors (Lipinski definition) is 8. The van der Waals surface area contributed by atoms with E-state index in [1.54, 1.807) is 6.92 Å². The zero-order valence-electron chi connectivity index (χ0n) is 15.0. The molecule has 27 heavy (non-hydrogen) atoms. The molecule has 0 bridgehead atoms. The van der Waals surface area contributed by atoms with E-state index in [2.05, 4.69) is 15.5 Å². The van der Waals surface area contributed by atoms with Gasteiger partial charge < -0.3 is 14.5 Å². The SMILES string of the molecule is CCOc1ccc(-c2nnc(S[C@H](C)C(=O)N[C@H]3CCS(=O)(=O)C3)o2)cc1. The highest BCUT2D eigenvalue weighted by atomic mass is 32.2. The number of rotatable bonds is 7. The summed E-state index contributed by atoms with van der Waals surface area (Å²) in [5.41, 5.74) is 0.756. The van der Waals surface area contributed by atoms with Crippen molar-refractivity contribution in [3.05, 3.63) is 24.3 Å². The molecule has 1 saturated heterocycles. The molecule has 3 rings (SSSR count). The highest BCUT2D eigenvalue weighted by Gasteiger charge is 2.30. The van der Waals surface area contributed by atoms with Crippen molar-refractivity contribution in [2.75, 3.05) is 18.1 Å². The van der Waals surface area contributed by atoms with Crippen LogP contribution in [0.5, 0.6) is 5.75 Å². The van der Waals surface area contributed by atoms with Crippen LogP contribution in [0.2, 0.25) is 0 Å². The highest BCUT2D eigenvalue weighted by Crippen LogP contribution is 2.27. The fraction of sp³-hybridized carbons (Fsp3) is 0.471. The molecule has 0 unspecified atom stereocenters. The first-order chi connectivity index (χ1) is 12.9. The van der Waals surface area contributed by atoms with Gasteiger partial charge in [0.2, 0.25) is 11.8 Å². The second kappa shape index (κ2) is 8.30. The number of nitrogens with zero attached hydrogens (tertiary/aromatic N) is 2. The van der Waals surface area contributed by atoms with Gasteiger partial charge in [-0.3, -0.25) is 4.79 Å². The van der Waals surface area contributed by atoms with E-state index < -0.39 is 15.1 Å². The summed E-state index contributed by atoms with van der Waals surface area (Å²) in [7, 11) is -3.03. The van der Waals surface area contributed by atoms with Gasteiger partial charge in [-0.2, -0.15) is 0 Å². The van der Waals surface area contributed by atoms with Gasteiger partial charge in [0.15, 0.2) is 9.84 Å². The van der Waals surface area contributed by atoms with Gasteiger partial charge in [0, 0.05) is 11.6 Å². The van der Waals surface area contributed by atoms with Crippen molar-refractivity contribution < 1.29 is 22.4 Å². The summed E-state index contributed by atoms with van der Waals surface area (Å²) < 4.78 is 34.0. The first-order valence-corrected chi connectivity index (χ1v) is 11.3. The monoisotopic (exact) mass is 411 g/mol. The van der Waals surface area contributed by atoms with Gasteiger partial charge in [0.1, 0.15) is 5.75 Å². The summed E-state index contributed by atoms with van der Waals surface area (Å²) in [4.78, 5) is 12.3. The number of hydrogen-bond donors (Lipinski definition) is 1. The lowest BCUT2D eigenvalue weighted by molar-refractivity contribution is -0.120. The average molecular weight is 412 g/mol. The standard InChI is InChI=1S/C17H21N3O5S2/c1-3-24-14-6-4-12(5-7-14)16-19-20-17(25-16)26-11(2)15(21)18-13-8-9-27(22,23)10-13/h4-7,11,13H,3,8-10H2,1-2H3,(H,18,21)/t11-,13+/m1/s1. The average Bonchev–Trinajstić information content (AvgIpc) is 3.22. The van der Waals surface area contributed by atoms with E-state index in [4.69, 9.17) is 9.15 Å². The van der Waals surface area contributed by atoms with Gasteiger partial charge in [-0.15, -0.1) is 10.2 Å². The van der Waals surface area contributed by atoms with Gasteiger partial charge in [-0.1, -0.05) is 11.8 Å².